The summed E-state index contributed by atoms with van der Waals surface area (Å²) in [5.74, 6) is 1.02. The normalized spacial score (nSPS) is 10.7. The van der Waals surface area contributed by atoms with E-state index in [2.05, 4.69) is 0 Å². The second kappa shape index (κ2) is 9.68. The van der Waals surface area contributed by atoms with Crippen molar-refractivity contribution in [2.75, 3.05) is 26.8 Å². The second-order valence-corrected chi connectivity index (χ2v) is 5.94. The number of aryl methyl sites for hydroxylation is 1. The van der Waals surface area contributed by atoms with Crippen molar-refractivity contribution in [3.63, 3.8) is 0 Å². The number of carbonyl (C=O) groups excluding carboxylic acids is 2. The van der Waals surface area contributed by atoms with Crippen molar-refractivity contribution in [2.24, 2.45) is 0 Å². The first-order valence-corrected chi connectivity index (χ1v) is 8.35. The monoisotopic (exact) mass is 377 g/mol. The molecule has 0 saturated heterocycles. The number of benzene rings is 1. The fourth-order valence-electron chi connectivity index (χ4n) is 1.94. The Hall–Kier alpha value is -2.73. The molecule has 1 amide bonds. The molecule has 0 saturated carbocycles. The Labute approximate surface area is 156 Å². The van der Waals surface area contributed by atoms with Gasteiger partial charge < -0.3 is 18.8 Å². The van der Waals surface area contributed by atoms with E-state index in [1.165, 1.54) is 17.1 Å². The minimum atomic E-state index is -0.613. The van der Waals surface area contributed by atoms with Gasteiger partial charge in [-0.3, -0.25) is 4.79 Å². The summed E-state index contributed by atoms with van der Waals surface area (Å²) in [4.78, 5) is 25.0. The van der Waals surface area contributed by atoms with Gasteiger partial charge in [0.1, 0.15) is 23.9 Å². The summed E-state index contributed by atoms with van der Waals surface area (Å²) in [5, 5.41) is 0.627. The highest BCUT2D eigenvalue weighted by molar-refractivity contribution is 6.30. The van der Waals surface area contributed by atoms with Gasteiger partial charge in [-0.15, -0.1) is 0 Å². The molecule has 0 aliphatic heterocycles. The molecular formula is C19H20ClNO5. The molecule has 0 radical (unpaired) electrons. The molecule has 0 fully saturated rings. The summed E-state index contributed by atoms with van der Waals surface area (Å²) in [6, 6.07) is 10.5. The number of carbonyl (C=O) groups is 2. The van der Waals surface area contributed by atoms with Crippen LogP contribution in [0.1, 0.15) is 11.5 Å². The first-order valence-electron chi connectivity index (χ1n) is 7.97. The highest BCUT2D eigenvalue weighted by Crippen LogP contribution is 2.15. The van der Waals surface area contributed by atoms with Crippen LogP contribution in [0.3, 0.4) is 0 Å². The lowest BCUT2D eigenvalue weighted by atomic mass is 10.3. The molecule has 26 heavy (non-hydrogen) atoms. The van der Waals surface area contributed by atoms with Crippen molar-refractivity contribution in [3.05, 3.63) is 59.0 Å². The van der Waals surface area contributed by atoms with Crippen LogP contribution in [0.4, 0.5) is 0 Å². The summed E-state index contributed by atoms with van der Waals surface area (Å²) in [6.07, 6.45) is 2.71. The van der Waals surface area contributed by atoms with Gasteiger partial charge in [0.2, 0.25) is 0 Å². The highest BCUT2D eigenvalue weighted by atomic mass is 35.5. The van der Waals surface area contributed by atoms with Gasteiger partial charge in [-0.2, -0.15) is 0 Å². The van der Waals surface area contributed by atoms with Crippen LogP contribution < -0.4 is 4.74 Å². The van der Waals surface area contributed by atoms with Gasteiger partial charge in [0.25, 0.3) is 5.91 Å². The number of hydrogen-bond donors (Lipinski definition) is 0. The van der Waals surface area contributed by atoms with Crippen molar-refractivity contribution >= 4 is 29.6 Å². The van der Waals surface area contributed by atoms with Crippen LogP contribution in [0.15, 0.2) is 46.9 Å². The number of likely N-dealkylation sites (N-methyl/N-ethyl adjacent to an activating group) is 1. The minimum Gasteiger partial charge on any atom is -0.492 e. The van der Waals surface area contributed by atoms with Crippen LogP contribution >= 0.6 is 11.6 Å². The zero-order valence-corrected chi connectivity index (χ0v) is 15.4. The van der Waals surface area contributed by atoms with E-state index >= 15 is 0 Å². The Morgan fingerprint density at radius 1 is 1.19 bits per heavy atom. The molecule has 0 aliphatic carbocycles. The Balaban J connectivity index is 1.67. The Morgan fingerprint density at radius 3 is 2.58 bits per heavy atom. The molecule has 0 spiro atoms. The summed E-state index contributed by atoms with van der Waals surface area (Å²) < 4.78 is 15.7. The zero-order valence-electron chi connectivity index (χ0n) is 14.6. The molecule has 138 valence electrons. The van der Waals surface area contributed by atoms with Crippen molar-refractivity contribution in [1.82, 2.24) is 4.90 Å². The van der Waals surface area contributed by atoms with Gasteiger partial charge in [0, 0.05) is 18.1 Å². The van der Waals surface area contributed by atoms with Crippen molar-refractivity contribution in [1.29, 1.82) is 0 Å². The zero-order chi connectivity index (χ0) is 18.9. The number of esters is 1. The molecule has 0 unspecified atom stereocenters. The van der Waals surface area contributed by atoms with E-state index in [4.69, 9.17) is 25.5 Å². The molecule has 6 nitrogen and oxygen atoms in total. The Morgan fingerprint density at radius 2 is 1.92 bits per heavy atom. The fraction of sp³-hybridized carbons (Fsp3) is 0.263. The molecule has 0 aliphatic rings. The third-order valence-corrected chi connectivity index (χ3v) is 3.67. The average Bonchev–Trinajstić information content (AvgIpc) is 3.04. The lowest BCUT2D eigenvalue weighted by Crippen LogP contribution is -2.34. The molecule has 0 N–H and O–H groups in total. The first-order chi connectivity index (χ1) is 12.4. The van der Waals surface area contributed by atoms with E-state index in [0.29, 0.717) is 29.7 Å². The van der Waals surface area contributed by atoms with E-state index in [0.717, 1.165) is 5.76 Å². The molecule has 2 rings (SSSR count). The number of ether oxygens (including phenoxy) is 2. The number of furan rings is 1. The number of nitrogens with zero attached hydrogens (tertiary/aromatic N) is 1. The highest BCUT2D eigenvalue weighted by Gasteiger charge is 2.11. The lowest BCUT2D eigenvalue weighted by molar-refractivity contribution is -0.147. The van der Waals surface area contributed by atoms with Gasteiger partial charge in [-0.25, -0.2) is 4.79 Å². The van der Waals surface area contributed by atoms with Gasteiger partial charge in [-0.1, -0.05) is 11.6 Å². The van der Waals surface area contributed by atoms with Crippen molar-refractivity contribution in [2.45, 2.75) is 6.92 Å². The molecule has 1 aromatic carbocycles. The van der Waals surface area contributed by atoms with E-state index < -0.39 is 5.97 Å². The van der Waals surface area contributed by atoms with Gasteiger partial charge >= 0.3 is 5.97 Å². The van der Waals surface area contributed by atoms with Crippen LogP contribution in [0, 0.1) is 6.92 Å². The number of hydrogen-bond acceptors (Lipinski definition) is 5. The van der Waals surface area contributed by atoms with Crippen LogP contribution in [0.25, 0.3) is 6.08 Å². The van der Waals surface area contributed by atoms with Crippen LogP contribution in [-0.4, -0.2) is 43.6 Å². The summed E-state index contributed by atoms with van der Waals surface area (Å²) in [7, 11) is 1.61. The van der Waals surface area contributed by atoms with E-state index in [-0.39, 0.29) is 12.5 Å². The molecule has 7 heteroatoms. The smallest absolute Gasteiger partial charge is 0.331 e. The predicted octanol–water partition coefficient (Wildman–Crippen LogP) is 3.34. The van der Waals surface area contributed by atoms with Gasteiger partial charge in [0.15, 0.2) is 6.61 Å². The lowest BCUT2D eigenvalue weighted by Gasteiger charge is -2.17. The molecule has 1 heterocycles. The quantitative estimate of drug-likeness (QED) is 0.521. The molecular weight excluding hydrogens is 358 g/mol. The largest absolute Gasteiger partial charge is 0.492 e. The molecule has 0 atom stereocenters. The van der Waals surface area contributed by atoms with Crippen LogP contribution in [-0.2, 0) is 14.3 Å². The molecule has 0 bridgehead atoms. The van der Waals surface area contributed by atoms with E-state index in [1.807, 2.05) is 0 Å². The first kappa shape index (κ1) is 19.6. The second-order valence-electron chi connectivity index (χ2n) is 5.51. The Bertz CT molecular complexity index is 766. The van der Waals surface area contributed by atoms with Gasteiger partial charge in [-0.05, 0) is 49.4 Å². The third kappa shape index (κ3) is 6.64. The van der Waals surface area contributed by atoms with E-state index in [1.54, 1.807) is 50.4 Å². The fourth-order valence-corrected chi connectivity index (χ4v) is 2.07. The van der Waals surface area contributed by atoms with E-state index in [9.17, 15) is 9.59 Å². The van der Waals surface area contributed by atoms with Crippen LogP contribution in [0.5, 0.6) is 5.75 Å². The maximum absolute atomic E-state index is 11.9. The molecule has 1 aromatic heterocycles. The maximum Gasteiger partial charge on any atom is 0.331 e. The molecule has 2 aromatic rings. The topological polar surface area (TPSA) is 69.0 Å². The summed E-state index contributed by atoms with van der Waals surface area (Å²) >= 11 is 5.80. The summed E-state index contributed by atoms with van der Waals surface area (Å²) in [5.41, 5.74) is 0. The van der Waals surface area contributed by atoms with Crippen LogP contribution in [0.2, 0.25) is 5.02 Å². The minimum absolute atomic E-state index is 0.315. The average molecular weight is 378 g/mol. The standard InChI is InChI=1S/C19H20ClNO5/c1-14-3-6-17(26-14)9-10-19(23)25-13-18(22)21(2)11-12-24-16-7-4-15(20)5-8-16/h3-10H,11-13H2,1-2H3/b10-9+. The Kier molecular flexibility index (Phi) is 7.29. The SMILES string of the molecule is Cc1ccc(/C=C/C(=O)OCC(=O)N(C)CCOc2ccc(Cl)cc2)o1. The summed E-state index contributed by atoms with van der Waals surface area (Å²) in [6.45, 7) is 2.15. The maximum atomic E-state index is 11.9. The van der Waals surface area contributed by atoms with Crippen molar-refractivity contribution < 1.29 is 23.5 Å². The number of halogens is 1. The third-order valence-electron chi connectivity index (χ3n) is 3.42. The predicted molar refractivity (Wildman–Crippen MR) is 98.0 cm³/mol. The number of amides is 1. The van der Waals surface area contributed by atoms with Gasteiger partial charge in [0.05, 0.1) is 6.54 Å². The van der Waals surface area contributed by atoms with Crippen molar-refractivity contribution in [3.8, 4) is 5.75 Å². The number of rotatable bonds is 8.